The van der Waals surface area contributed by atoms with Crippen molar-refractivity contribution in [1.82, 2.24) is 9.97 Å². The summed E-state index contributed by atoms with van der Waals surface area (Å²) in [5.74, 6) is 2.73. The van der Waals surface area contributed by atoms with E-state index in [0.717, 1.165) is 31.0 Å². The highest BCUT2D eigenvalue weighted by atomic mass is 15.0. The van der Waals surface area contributed by atoms with E-state index in [0.29, 0.717) is 5.92 Å². The van der Waals surface area contributed by atoms with E-state index in [9.17, 15) is 0 Å². The predicted octanol–water partition coefficient (Wildman–Crippen LogP) is 3.52. The molecule has 1 saturated carbocycles. The maximum atomic E-state index is 4.69. The van der Waals surface area contributed by atoms with E-state index in [1.807, 2.05) is 0 Å². The minimum Gasteiger partial charge on any atom is -0.370 e. The lowest BCUT2D eigenvalue weighted by molar-refractivity contribution is 0.760. The maximum Gasteiger partial charge on any atom is 0.134 e. The van der Waals surface area contributed by atoms with Crippen molar-refractivity contribution in [3.8, 4) is 0 Å². The van der Waals surface area contributed by atoms with E-state index in [1.165, 1.54) is 31.4 Å². The Kier molecular flexibility index (Phi) is 4.35. The number of unbranched alkanes of at least 4 members (excludes halogenated alkanes) is 1. The summed E-state index contributed by atoms with van der Waals surface area (Å²) in [6.07, 6.45) is 7.19. The largest absolute Gasteiger partial charge is 0.370 e. The molecule has 0 atom stereocenters. The van der Waals surface area contributed by atoms with Gasteiger partial charge in [0.05, 0.1) is 0 Å². The Hall–Kier alpha value is -1.12. The molecule has 0 unspecified atom stereocenters. The average Bonchev–Trinajstić information content (AvgIpc) is 3.18. The molecule has 3 nitrogen and oxygen atoms in total. The Morgan fingerprint density at radius 2 is 2.06 bits per heavy atom. The lowest BCUT2D eigenvalue weighted by Crippen LogP contribution is -2.07. The number of hydrogen-bond acceptors (Lipinski definition) is 3. The van der Waals surface area contributed by atoms with Gasteiger partial charge in [-0.1, -0.05) is 20.3 Å². The quantitative estimate of drug-likeness (QED) is 0.783. The van der Waals surface area contributed by atoms with Gasteiger partial charge in [0, 0.05) is 24.2 Å². The van der Waals surface area contributed by atoms with Crippen molar-refractivity contribution in [3.63, 3.8) is 0 Å². The molecule has 0 bridgehead atoms. The van der Waals surface area contributed by atoms with Gasteiger partial charge in [-0.3, -0.25) is 0 Å². The van der Waals surface area contributed by atoms with Crippen LogP contribution in [0.2, 0.25) is 0 Å². The van der Waals surface area contributed by atoms with E-state index in [2.05, 4.69) is 35.2 Å². The fourth-order valence-corrected chi connectivity index (χ4v) is 1.87. The number of nitrogens with one attached hydrogen (secondary N) is 1. The second-order valence-corrected chi connectivity index (χ2v) is 4.91. The van der Waals surface area contributed by atoms with E-state index >= 15 is 0 Å². The monoisotopic (exact) mass is 233 g/mol. The lowest BCUT2D eigenvalue weighted by atomic mass is 10.2. The Balaban J connectivity index is 2.10. The van der Waals surface area contributed by atoms with E-state index < -0.39 is 0 Å². The van der Waals surface area contributed by atoms with Crippen LogP contribution in [0, 0.1) is 0 Å². The molecule has 1 heterocycles. The van der Waals surface area contributed by atoms with Crippen LogP contribution in [0.25, 0.3) is 0 Å². The SMILES string of the molecule is CCCCc1cc(NCCC)nc(C2CC2)n1. The molecule has 0 saturated heterocycles. The van der Waals surface area contributed by atoms with Gasteiger partial charge in [0.2, 0.25) is 0 Å². The van der Waals surface area contributed by atoms with Crippen molar-refractivity contribution in [1.29, 1.82) is 0 Å². The number of aryl methyl sites for hydroxylation is 1. The second kappa shape index (κ2) is 5.99. The Morgan fingerprint density at radius 3 is 2.71 bits per heavy atom. The normalized spacial score (nSPS) is 14.9. The molecule has 1 N–H and O–H groups in total. The molecule has 3 heteroatoms. The van der Waals surface area contributed by atoms with Crippen molar-refractivity contribution in [2.75, 3.05) is 11.9 Å². The molecule has 2 rings (SSSR count). The first-order chi connectivity index (χ1) is 8.33. The van der Waals surface area contributed by atoms with Crippen LogP contribution in [0.1, 0.15) is 63.4 Å². The van der Waals surface area contributed by atoms with Gasteiger partial charge in [0.25, 0.3) is 0 Å². The summed E-state index contributed by atoms with van der Waals surface area (Å²) in [4.78, 5) is 9.31. The third-order valence-electron chi connectivity index (χ3n) is 3.08. The number of nitrogens with zero attached hydrogens (tertiary/aromatic N) is 2. The minimum atomic E-state index is 0.638. The summed E-state index contributed by atoms with van der Waals surface area (Å²) in [5, 5.41) is 3.38. The first kappa shape index (κ1) is 12.3. The van der Waals surface area contributed by atoms with Gasteiger partial charge >= 0.3 is 0 Å². The van der Waals surface area contributed by atoms with Crippen LogP contribution in [0.4, 0.5) is 5.82 Å². The molecule has 1 aromatic heterocycles. The van der Waals surface area contributed by atoms with Gasteiger partial charge in [0.15, 0.2) is 0 Å². The molecule has 1 aromatic rings. The summed E-state index contributed by atoms with van der Waals surface area (Å²) in [7, 11) is 0. The van der Waals surface area contributed by atoms with Gasteiger partial charge in [0.1, 0.15) is 11.6 Å². The zero-order valence-corrected chi connectivity index (χ0v) is 11.0. The zero-order valence-electron chi connectivity index (χ0n) is 11.0. The first-order valence-corrected chi connectivity index (χ1v) is 6.95. The molecule has 0 radical (unpaired) electrons. The highest BCUT2D eigenvalue weighted by Gasteiger charge is 2.27. The molecule has 17 heavy (non-hydrogen) atoms. The van der Waals surface area contributed by atoms with Crippen LogP contribution in [0.5, 0.6) is 0 Å². The van der Waals surface area contributed by atoms with Crippen LogP contribution >= 0.6 is 0 Å². The van der Waals surface area contributed by atoms with Crippen LogP contribution in [-0.4, -0.2) is 16.5 Å². The number of rotatable bonds is 7. The summed E-state index contributed by atoms with van der Waals surface area (Å²) in [6, 6.07) is 2.12. The van der Waals surface area contributed by atoms with Gasteiger partial charge in [-0.15, -0.1) is 0 Å². The van der Waals surface area contributed by atoms with Gasteiger partial charge in [-0.25, -0.2) is 9.97 Å². The van der Waals surface area contributed by atoms with Crippen molar-refractivity contribution < 1.29 is 0 Å². The first-order valence-electron chi connectivity index (χ1n) is 6.95. The lowest BCUT2D eigenvalue weighted by Gasteiger charge is -2.08. The smallest absolute Gasteiger partial charge is 0.134 e. The average molecular weight is 233 g/mol. The standard InChI is InChI=1S/C14H23N3/c1-3-5-6-12-10-13(15-9-4-2)17-14(16-12)11-7-8-11/h10-11H,3-9H2,1-2H3,(H,15,16,17). The number of aromatic nitrogens is 2. The third-order valence-corrected chi connectivity index (χ3v) is 3.08. The number of hydrogen-bond donors (Lipinski definition) is 1. The molecule has 1 fully saturated rings. The molecule has 1 aliphatic carbocycles. The van der Waals surface area contributed by atoms with Crippen LogP contribution in [0.3, 0.4) is 0 Å². The second-order valence-electron chi connectivity index (χ2n) is 4.91. The Labute approximate surface area is 104 Å². The minimum absolute atomic E-state index is 0.638. The van der Waals surface area contributed by atoms with Gasteiger partial charge in [-0.2, -0.15) is 0 Å². The van der Waals surface area contributed by atoms with E-state index in [1.54, 1.807) is 0 Å². The van der Waals surface area contributed by atoms with E-state index in [4.69, 9.17) is 0 Å². The molecule has 94 valence electrons. The molecule has 0 spiro atoms. The highest BCUT2D eigenvalue weighted by Crippen LogP contribution is 2.38. The fraction of sp³-hybridized carbons (Fsp3) is 0.714. The zero-order chi connectivity index (χ0) is 12.1. The van der Waals surface area contributed by atoms with E-state index in [-0.39, 0.29) is 0 Å². The summed E-state index contributed by atoms with van der Waals surface area (Å²) >= 11 is 0. The topological polar surface area (TPSA) is 37.8 Å². The van der Waals surface area contributed by atoms with Crippen LogP contribution < -0.4 is 5.32 Å². The summed E-state index contributed by atoms with van der Waals surface area (Å²) in [5.41, 5.74) is 1.21. The summed E-state index contributed by atoms with van der Waals surface area (Å²) < 4.78 is 0. The fourth-order valence-electron chi connectivity index (χ4n) is 1.87. The molecule has 0 amide bonds. The molecular formula is C14H23N3. The van der Waals surface area contributed by atoms with Crippen molar-refractivity contribution in [2.45, 2.75) is 58.3 Å². The van der Waals surface area contributed by atoms with Crippen LogP contribution in [-0.2, 0) is 6.42 Å². The molecular weight excluding hydrogens is 210 g/mol. The molecule has 1 aliphatic rings. The maximum absolute atomic E-state index is 4.69. The Bertz CT molecular complexity index is 332. The third kappa shape index (κ3) is 3.69. The van der Waals surface area contributed by atoms with Crippen molar-refractivity contribution >= 4 is 5.82 Å². The highest BCUT2D eigenvalue weighted by molar-refractivity contribution is 5.37. The Morgan fingerprint density at radius 1 is 1.24 bits per heavy atom. The molecule has 0 aromatic carbocycles. The van der Waals surface area contributed by atoms with Crippen LogP contribution in [0.15, 0.2) is 6.07 Å². The summed E-state index contributed by atoms with van der Waals surface area (Å²) in [6.45, 7) is 5.39. The van der Waals surface area contributed by atoms with Crippen molar-refractivity contribution in [3.05, 3.63) is 17.6 Å². The predicted molar refractivity (Wildman–Crippen MR) is 71.4 cm³/mol. The molecule has 0 aliphatic heterocycles. The number of anilines is 1. The van der Waals surface area contributed by atoms with Crippen molar-refractivity contribution in [2.24, 2.45) is 0 Å². The van der Waals surface area contributed by atoms with Gasteiger partial charge in [-0.05, 0) is 32.1 Å². The van der Waals surface area contributed by atoms with Gasteiger partial charge < -0.3 is 5.32 Å².